The van der Waals surface area contributed by atoms with E-state index >= 15 is 0 Å². The number of carbonyl (C=O) groups excluding carboxylic acids is 1. The summed E-state index contributed by atoms with van der Waals surface area (Å²) in [5, 5.41) is 6.10. The van der Waals surface area contributed by atoms with Crippen LogP contribution in [0, 0.1) is 11.6 Å². The van der Waals surface area contributed by atoms with Crippen molar-refractivity contribution in [1.82, 2.24) is 20.4 Å². The van der Waals surface area contributed by atoms with Crippen LogP contribution < -0.4 is 5.32 Å². The van der Waals surface area contributed by atoms with Gasteiger partial charge in [-0.15, -0.1) is 0 Å². The Hall–Kier alpha value is -2.42. The fraction of sp³-hybridized carbons (Fsp3) is 0.385. The Morgan fingerprint density at radius 2 is 2.32 bits per heavy atom. The molecule has 3 heterocycles. The molecule has 1 aliphatic rings. The summed E-state index contributed by atoms with van der Waals surface area (Å²) in [6, 6.07) is 0.589. The Morgan fingerprint density at radius 3 is 3.05 bits per heavy atom. The van der Waals surface area contributed by atoms with E-state index in [0.29, 0.717) is 18.6 Å². The van der Waals surface area contributed by atoms with Crippen LogP contribution in [0.3, 0.4) is 0 Å². The van der Waals surface area contributed by atoms with E-state index in [1.54, 1.807) is 0 Å². The van der Waals surface area contributed by atoms with Gasteiger partial charge in [0.2, 0.25) is 0 Å². The van der Waals surface area contributed by atoms with E-state index in [2.05, 4.69) is 20.4 Å². The molecule has 2 aromatic rings. The van der Waals surface area contributed by atoms with Gasteiger partial charge in [-0.2, -0.15) is 4.98 Å². The fourth-order valence-electron chi connectivity index (χ4n) is 2.07. The molecule has 1 fully saturated rings. The summed E-state index contributed by atoms with van der Waals surface area (Å²) in [4.78, 5) is 19.3. The number of hydrogen-bond acceptors (Lipinski definition) is 6. The third-order valence-corrected chi connectivity index (χ3v) is 3.12. The number of carbonyl (C=O) groups is 1. The Bertz CT molecular complexity index is 686. The number of hydrogen-bond donors (Lipinski definition) is 1. The summed E-state index contributed by atoms with van der Waals surface area (Å²) < 4.78 is 36.6. The van der Waals surface area contributed by atoms with Gasteiger partial charge in [0, 0.05) is 12.7 Å². The molecule has 116 valence electrons. The molecule has 0 radical (unpaired) electrons. The lowest BCUT2D eigenvalue weighted by Gasteiger charge is -2.03. The summed E-state index contributed by atoms with van der Waals surface area (Å²) in [5.74, 6) is -2.09. The van der Waals surface area contributed by atoms with Gasteiger partial charge in [-0.25, -0.2) is 13.8 Å². The maximum absolute atomic E-state index is 13.4. The highest BCUT2D eigenvalue weighted by Gasteiger charge is 2.24. The molecule has 0 unspecified atom stereocenters. The molecular formula is C13H12F2N4O3. The lowest BCUT2D eigenvalue weighted by molar-refractivity contribution is 0.0835. The predicted octanol–water partition coefficient (Wildman–Crippen LogP) is 1.52. The van der Waals surface area contributed by atoms with Crippen molar-refractivity contribution in [2.75, 3.05) is 6.61 Å². The highest BCUT2D eigenvalue weighted by molar-refractivity contribution is 5.92. The predicted molar refractivity (Wildman–Crippen MR) is 67.5 cm³/mol. The maximum Gasteiger partial charge on any atom is 0.273 e. The van der Waals surface area contributed by atoms with Crippen LogP contribution in [0.1, 0.15) is 41.1 Å². The summed E-state index contributed by atoms with van der Waals surface area (Å²) in [6.45, 7) is 0.585. The Kier molecular flexibility index (Phi) is 4.05. The van der Waals surface area contributed by atoms with E-state index in [1.807, 2.05) is 0 Å². The van der Waals surface area contributed by atoms with E-state index < -0.39 is 23.2 Å². The Balaban J connectivity index is 1.61. The molecule has 7 nitrogen and oxygen atoms in total. The van der Waals surface area contributed by atoms with Gasteiger partial charge in [0.1, 0.15) is 11.9 Å². The number of aromatic nitrogens is 3. The molecule has 0 aromatic carbocycles. The van der Waals surface area contributed by atoms with Crippen LogP contribution >= 0.6 is 0 Å². The summed E-state index contributed by atoms with van der Waals surface area (Å²) in [6.07, 6.45) is 2.28. The lowest BCUT2D eigenvalue weighted by atomic mass is 10.2. The summed E-state index contributed by atoms with van der Waals surface area (Å²) in [5.41, 5.74) is -0.496. The first-order valence-corrected chi connectivity index (χ1v) is 6.67. The SMILES string of the molecule is O=C(NCc1noc([C@@H]2CCCO2)n1)c1ncc(F)cc1F. The van der Waals surface area contributed by atoms with Crippen LogP contribution in [0.25, 0.3) is 0 Å². The van der Waals surface area contributed by atoms with Crippen molar-refractivity contribution in [3.05, 3.63) is 41.3 Å². The van der Waals surface area contributed by atoms with Crippen molar-refractivity contribution < 1.29 is 22.8 Å². The van der Waals surface area contributed by atoms with Crippen LogP contribution in [-0.2, 0) is 11.3 Å². The number of nitrogens with one attached hydrogen (secondary N) is 1. The van der Waals surface area contributed by atoms with Gasteiger partial charge in [-0.3, -0.25) is 4.79 Å². The minimum atomic E-state index is -1.04. The minimum absolute atomic E-state index is 0.0620. The minimum Gasteiger partial charge on any atom is -0.368 e. The third kappa shape index (κ3) is 3.08. The fourth-order valence-corrected chi connectivity index (χ4v) is 2.07. The Morgan fingerprint density at radius 1 is 1.45 bits per heavy atom. The van der Waals surface area contributed by atoms with E-state index in [9.17, 15) is 13.6 Å². The van der Waals surface area contributed by atoms with Crippen molar-refractivity contribution in [3.63, 3.8) is 0 Å². The molecule has 1 atom stereocenters. The van der Waals surface area contributed by atoms with Crippen molar-refractivity contribution in [2.45, 2.75) is 25.5 Å². The molecule has 22 heavy (non-hydrogen) atoms. The van der Waals surface area contributed by atoms with E-state index in [-0.39, 0.29) is 18.5 Å². The first-order valence-electron chi connectivity index (χ1n) is 6.67. The van der Waals surface area contributed by atoms with Crippen molar-refractivity contribution >= 4 is 5.91 Å². The van der Waals surface area contributed by atoms with Gasteiger partial charge >= 0.3 is 0 Å². The second kappa shape index (κ2) is 6.14. The van der Waals surface area contributed by atoms with Crippen LogP contribution in [0.4, 0.5) is 8.78 Å². The van der Waals surface area contributed by atoms with Gasteiger partial charge in [0.25, 0.3) is 11.8 Å². The van der Waals surface area contributed by atoms with E-state index in [0.717, 1.165) is 19.0 Å². The molecule has 2 aromatic heterocycles. The molecule has 1 amide bonds. The lowest BCUT2D eigenvalue weighted by Crippen LogP contribution is -2.25. The van der Waals surface area contributed by atoms with Gasteiger partial charge in [0.05, 0.1) is 12.7 Å². The number of nitrogens with zero attached hydrogens (tertiary/aromatic N) is 3. The molecule has 0 spiro atoms. The van der Waals surface area contributed by atoms with Gasteiger partial charge in [-0.05, 0) is 12.8 Å². The van der Waals surface area contributed by atoms with Crippen molar-refractivity contribution in [1.29, 1.82) is 0 Å². The van der Waals surface area contributed by atoms with E-state index in [4.69, 9.17) is 9.26 Å². The maximum atomic E-state index is 13.4. The van der Waals surface area contributed by atoms with Crippen LogP contribution in [0.2, 0.25) is 0 Å². The number of rotatable bonds is 4. The number of ether oxygens (including phenoxy) is 1. The third-order valence-electron chi connectivity index (χ3n) is 3.12. The number of pyridine rings is 1. The van der Waals surface area contributed by atoms with Gasteiger partial charge < -0.3 is 14.6 Å². The van der Waals surface area contributed by atoms with Crippen LogP contribution in [-0.4, -0.2) is 27.6 Å². The standard InChI is InChI=1S/C13H12F2N4O3/c14-7-4-8(15)11(16-5-7)12(20)17-6-10-18-13(22-19-10)9-2-1-3-21-9/h4-5,9H,1-3,6H2,(H,17,20)/t9-/m0/s1. The average Bonchev–Trinajstić information content (AvgIpc) is 3.16. The molecule has 0 bridgehead atoms. The van der Waals surface area contributed by atoms with Gasteiger partial charge in [-0.1, -0.05) is 5.16 Å². The average molecular weight is 310 g/mol. The molecule has 1 N–H and O–H groups in total. The smallest absolute Gasteiger partial charge is 0.273 e. The number of halogens is 2. The van der Waals surface area contributed by atoms with E-state index in [1.165, 1.54) is 0 Å². The topological polar surface area (TPSA) is 90.1 Å². The zero-order valence-electron chi connectivity index (χ0n) is 11.4. The number of amides is 1. The first kappa shape index (κ1) is 14.5. The zero-order valence-corrected chi connectivity index (χ0v) is 11.4. The molecule has 1 saturated heterocycles. The molecule has 1 aliphatic heterocycles. The molecular weight excluding hydrogens is 298 g/mol. The Labute approximate surface area is 123 Å². The van der Waals surface area contributed by atoms with Crippen molar-refractivity contribution in [3.8, 4) is 0 Å². The van der Waals surface area contributed by atoms with Crippen LogP contribution in [0.15, 0.2) is 16.8 Å². The zero-order chi connectivity index (χ0) is 15.5. The normalized spacial score (nSPS) is 17.6. The highest BCUT2D eigenvalue weighted by Crippen LogP contribution is 2.26. The summed E-state index contributed by atoms with van der Waals surface area (Å²) in [7, 11) is 0. The molecule has 3 rings (SSSR count). The second-order valence-corrected chi connectivity index (χ2v) is 4.72. The van der Waals surface area contributed by atoms with Gasteiger partial charge in [0.15, 0.2) is 17.3 Å². The van der Waals surface area contributed by atoms with Crippen LogP contribution in [0.5, 0.6) is 0 Å². The largest absolute Gasteiger partial charge is 0.368 e. The first-order chi connectivity index (χ1) is 10.6. The highest BCUT2D eigenvalue weighted by atomic mass is 19.1. The molecule has 0 saturated carbocycles. The van der Waals surface area contributed by atoms with Crippen molar-refractivity contribution in [2.24, 2.45) is 0 Å². The monoisotopic (exact) mass is 310 g/mol. The summed E-state index contributed by atoms with van der Waals surface area (Å²) >= 11 is 0. The second-order valence-electron chi connectivity index (χ2n) is 4.72. The quantitative estimate of drug-likeness (QED) is 0.921. The molecule has 9 heteroatoms. The molecule has 0 aliphatic carbocycles.